The minimum Gasteiger partial charge on any atom is -0.497 e. The van der Waals surface area contributed by atoms with E-state index >= 15 is 0 Å². The van der Waals surface area contributed by atoms with Crippen molar-refractivity contribution in [3.63, 3.8) is 0 Å². The van der Waals surface area contributed by atoms with Crippen LogP contribution in [0.15, 0.2) is 23.0 Å². The van der Waals surface area contributed by atoms with Gasteiger partial charge in [0.05, 0.1) is 19.9 Å². The summed E-state index contributed by atoms with van der Waals surface area (Å²) in [4.78, 5) is 38.6. The number of hydrogen-bond donors (Lipinski definition) is 2. The first-order chi connectivity index (χ1) is 14.3. The van der Waals surface area contributed by atoms with Crippen LogP contribution in [-0.2, 0) is 20.7 Å². The Kier molecular flexibility index (Phi) is 7.58. The quantitative estimate of drug-likeness (QED) is 0.633. The van der Waals surface area contributed by atoms with Gasteiger partial charge in [0.15, 0.2) is 6.61 Å². The molecule has 9 nitrogen and oxygen atoms in total. The average molecular weight is 413 g/mol. The van der Waals surface area contributed by atoms with Crippen molar-refractivity contribution in [1.29, 1.82) is 5.26 Å². The number of aromatic nitrogens is 1. The first-order valence-electron chi connectivity index (χ1n) is 9.10. The van der Waals surface area contributed by atoms with Gasteiger partial charge in [-0.25, -0.2) is 0 Å². The first-order valence-corrected chi connectivity index (χ1v) is 9.10. The molecule has 0 radical (unpaired) electrons. The summed E-state index contributed by atoms with van der Waals surface area (Å²) in [6.45, 7) is 2.90. The van der Waals surface area contributed by atoms with Gasteiger partial charge in [0.1, 0.15) is 23.1 Å². The summed E-state index contributed by atoms with van der Waals surface area (Å²) in [6, 6.07) is 6.79. The van der Waals surface area contributed by atoms with E-state index in [1.54, 1.807) is 32.0 Å². The molecule has 1 heterocycles. The molecule has 1 aromatic heterocycles. The second kappa shape index (κ2) is 10.1. The Balaban J connectivity index is 1.94. The number of aromatic amines is 1. The monoisotopic (exact) mass is 413 g/mol. The highest BCUT2D eigenvalue weighted by molar-refractivity contribution is 5.94. The third-order valence-corrected chi connectivity index (χ3v) is 4.54. The van der Waals surface area contributed by atoms with Gasteiger partial charge in [-0.15, -0.1) is 0 Å². The van der Waals surface area contributed by atoms with Crippen molar-refractivity contribution in [1.82, 2.24) is 4.98 Å². The average Bonchev–Trinajstić information content (AvgIpc) is 2.72. The topological polar surface area (TPSA) is 131 Å². The molecule has 0 aliphatic heterocycles. The van der Waals surface area contributed by atoms with E-state index in [9.17, 15) is 14.4 Å². The molecule has 0 saturated heterocycles. The lowest BCUT2D eigenvalue weighted by Gasteiger charge is -2.12. The number of rotatable bonds is 8. The van der Waals surface area contributed by atoms with Crippen molar-refractivity contribution in [2.45, 2.75) is 26.7 Å². The van der Waals surface area contributed by atoms with Gasteiger partial charge in [-0.2, -0.15) is 5.26 Å². The Bertz CT molecular complexity index is 1050. The van der Waals surface area contributed by atoms with E-state index in [0.29, 0.717) is 34.0 Å². The van der Waals surface area contributed by atoms with Gasteiger partial charge in [0.2, 0.25) is 0 Å². The van der Waals surface area contributed by atoms with Crippen LogP contribution in [0.2, 0.25) is 0 Å². The van der Waals surface area contributed by atoms with Crippen molar-refractivity contribution in [3.8, 4) is 17.6 Å². The molecule has 0 aliphatic rings. The highest BCUT2D eigenvalue weighted by Gasteiger charge is 2.15. The van der Waals surface area contributed by atoms with Gasteiger partial charge in [-0.1, -0.05) is 0 Å². The Hall–Kier alpha value is -3.80. The Morgan fingerprint density at radius 1 is 1.20 bits per heavy atom. The second-order valence-electron chi connectivity index (χ2n) is 6.44. The smallest absolute Gasteiger partial charge is 0.306 e. The third-order valence-electron chi connectivity index (χ3n) is 4.54. The fourth-order valence-corrected chi connectivity index (χ4v) is 2.96. The molecule has 0 saturated carbocycles. The number of methoxy groups -OCH3 is 2. The summed E-state index contributed by atoms with van der Waals surface area (Å²) in [5.74, 6) is -0.136. The molecule has 1 amide bonds. The summed E-state index contributed by atoms with van der Waals surface area (Å²) < 4.78 is 15.3. The van der Waals surface area contributed by atoms with Gasteiger partial charge in [0.25, 0.3) is 11.5 Å². The largest absolute Gasteiger partial charge is 0.497 e. The van der Waals surface area contributed by atoms with Crippen molar-refractivity contribution >= 4 is 17.6 Å². The predicted molar refractivity (Wildman–Crippen MR) is 109 cm³/mol. The van der Waals surface area contributed by atoms with Crippen molar-refractivity contribution in [2.24, 2.45) is 0 Å². The van der Waals surface area contributed by atoms with E-state index in [-0.39, 0.29) is 18.4 Å². The number of esters is 1. The molecular formula is C21H23N3O6. The van der Waals surface area contributed by atoms with Crippen molar-refractivity contribution < 1.29 is 23.8 Å². The maximum atomic E-state index is 12.1. The van der Waals surface area contributed by atoms with E-state index in [2.05, 4.69) is 10.3 Å². The number of aryl methyl sites for hydroxylation is 1. The molecular weight excluding hydrogens is 390 g/mol. The predicted octanol–water partition coefficient (Wildman–Crippen LogP) is 2.00. The highest BCUT2D eigenvalue weighted by atomic mass is 16.5. The number of anilines is 1. The number of amides is 1. The van der Waals surface area contributed by atoms with E-state index in [1.807, 2.05) is 6.07 Å². The first kappa shape index (κ1) is 22.5. The molecule has 30 heavy (non-hydrogen) atoms. The molecule has 2 N–H and O–H groups in total. The van der Waals surface area contributed by atoms with Crippen LogP contribution in [-0.4, -0.2) is 37.7 Å². The van der Waals surface area contributed by atoms with Crippen LogP contribution in [0.1, 0.15) is 28.8 Å². The highest BCUT2D eigenvalue weighted by Crippen LogP contribution is 2.28. The molecule has 0 spiro atoms. The molecule has 0 fully saturated rings. The van der Waals surface area contributed by atoms with Crippen LogP contribution in [0.5, 0.6) is 11.5 Å². The number of benzene rings is 1. The molecule has 0 bridgehead atoms. The second-order valence-corrected chi connectivity index (χ2v) is 6.44. The van der Waals surface area contributed by atoms with Gasteiger partial charge in [-0.3, -0.25) is 14.4 Å². The van der Waals surface area contributed by atoms with E-state index in [0.717, 1.165) is 0 Å². The van der Waals surface area contributed by atoms with Crippen LogP contribution in [0.4, 0.5) is 5.69 Å². The minimum absolute atomic E-state index is 0.00560. The van der Waals surface area contributed by atoms with Gasteiger partial charge in [0, 0.05) is 18.2 Å². The maximum Gasteiger partial charge on any atom is 0.306 e. The lowest BCUT2D eigenvalue weighted by atomic mass is 9.99. The number of nitrogens with zero attached hydrogens (tertiary/aromatic N) is 1. The Morgan fingerprint density at radius 3 is 2.57 bits per heavy atom. The number of nitriles is 1. The van der Waals surface area contributed by atoms with Crippen LogP contribution in [0, 0.1) is 25.2 Å². The number of carbonyl (C=O) groups is 2. The van der Waals surface area contributed by atoms with E-state index in [4.69, 9.17) is 19.5 Å². The number of carbonyl (C=O) groups excluding carboxylic acids is 2. The number of pyridine rings is 1. The molecule has 0 atom stereocenters. The zero-order valence-electron chi connectivity index (χ0n) is 17.3. The summed E-state index contributed by atoms with van der Waals surface area (Å²) in [5, 5.41) is 11.7. The summed E-state index contributed by atoms with van der Waals surface area (Å²) >= 11 is 0. The van der Waals surface area contributed by atoms with Crippen LogP contribution in [0.3, 0.4) is 0 Å². The summed E-state index contributed by atoms with van der Waals surface area (Å²) in [5.41, 5.74) is 1.79. The molecule has 9 heteroatoms. The molecule has 0 aliphatic carbocycles. The molecule has 0 unspecified atom stereocenters. The standard InChI is InChI=1S/C21H23N3O6/c1-12-15(13(2)23-21(27)16(12)10-22)6-8-20(26)30-11-19(25)24-17-9-14(28-3)5-7-18(17)29-4/h5,7,9H,6,8,11H2,1-4H3,(H,23,27)(H,24,25). The van der Waals surface area contributed by atoms with Crippen LogP contribution < -0.4 is 20.3 Å². The van der Waals surface area contributed by atoms with Gasteiger partial charge in [-0.05, 0) is 43.5 Å². The maximum absolute atomic E-state index is 12.1. The van der Waals surface area contributed by atoms with E-state index < -0.39 is 24.0 Å². The van der Waals surface area contributed by atoms with E-state index in [1.165, 1.54) is 14.2 Å². The number of H-pyrrole nitrogens is 1. The lowest BCUT2D eigenvalue weighted by molar-refractivity contribution is -0.147. The summed E-state index contributed by atoms with van der Waals surface area (Å²) in [7, 11) is 2.97. The number of hydrogen-bond acceptors (Lipinski definition) is 7. The molecule has 2 aromatic rings. The van der Waals surface area contributed by atoms with Crippen LogP contribution >= 0.6 is 0 Å². The van der Waals surface area contributed by atoms with Crippen LogP contribution in [0.25, 0.3) is 0 Å². The third kappa shape index (κ3) is 5.38. The fourth-order valence-electron chi connectivity index (χ4n) is 2.96. The number of ether oxygens (including phenoxy) is 3. The van der Waals surface area contributed by atoms with Gasteiger partial charge >= 0.3 is 5.97 Å². The zero-order valence-corrected chi connectivity index (χ0v) is 17.3. The number of nitrogens with one attached hydrogen (secondary N) is 2. The Morgan fingerprint density at radius 2 is 1.93 bits per heavy atom. The van der Waals surface area contributed by atoms with Crippen molar-refractivity contribution in [3.05, 3.63) is 50.9 Å². The normalized spacial score (nSPS) is 10.1. The Labute approximate surface area is 173 Å². The lowest BCUT2D eigenvalue weighted by Crippen LogP contribution is -2.22. The SMILES string of the molecule is COc1ccc(OC)c(NC(=O)COC(=O)CCc2c(C)[nH]c(=O)c(C#N)c2C)c1. The zero-order chi connectivity index (χ0) is 22.3. The van der Waals surface area contributed by atoms with Gasteiger partial charge < -0.3 is 24.5 Å². The molecule has 2 rings (SSSR count). The minimum atomic E-state index is -0.578. The molecule has 158 valence electrons. The molecule has 1 aromatic carbocycles. The van der Waals surface area contributed by atoms with Crippen molar-refractivity contribution in [2.75, 3.05) is 26.1 Å². The summed E-state index contributed by atoms with van der Waals surface area (Å²) in [6.07, 6.45) is 0.266. The fraction of sp³-hybridized carbons (Fsp3) is 0.333.